The van der Waals surface area contributed by atoms with Gasteiger partial charge in [0, 0.05) is 11.6 Å². The second kappa shape index (κ2) is 4.37. The second-order valence-corrected chi connectivity index (χ2v) is 3.31. The zero-order chi connectivity index (χ0) is 11.4. The molecule has 0 heterocycles. The first kappa shape index (κ1) is 10.1. The van der Waals surface area contributed by atoms with E-state index >= 15 is 0 Å². The first-order valence-corrected chi connectivity index (χ1v) is 4.87. The fourth-order valence-electron chi connectivity index (χ4n) is 1.50. The van der Waals surface area contributed by atoms with E-state index in [-0.39, 0.29) is 11.5 Å². The van der Waals surface area contributed by atoms with Crippen molar-refractivity contribution in [3.63, 3.8) is 0 Å². The van der Waals surface area contributed by atoms with Gasteiger partial charge in [-0.05, 0) is 6.07 Å². The Kier molecular flexibility index (Phi) is 2.75. The van der Waals surface area contributed by atoms with Crippen molar-refractivity contribution < 1.29 is 4.79 Å². The van der Waals surface area contributed by atoms with Crippen LogP contribution in [0.5, 0.6) is 0 Å². The molecule has 0 atom stereocenters. The van der Waals surface area contributed by atoms with Gasteiger partial charge in [0.25, 0.3) is 0 Å². The molecule has 0 aliphatic rings. The molecule has 0 aliphatic heterocycles. The number of nitrogens with zero attached hydrogens (tertiary/aromatic N) is 2. The van der Waals surface area contributed by atoms with Gasteiger partial charge in [-0.25, -0.2) is 0 Å². The minimum absolute atomic E-state index is 0.144. The number of diazo groups is 1. The highest BCUT2D eigenvalue weighted by Gasteiger charge is 2.20. The van der Waals surface area contributed by atoms with Gasteiger partial charge in [0.05, 0.1) is 0 Å². The SMILES string of the molecule is N#[N+]c1ccccc1C(=O)c1ccccc1. The van der Waals surface area contributed by atoms with E-state index < -0.39 is 0 Å². The van der Waals surface area contributed by atoms with E-state index in [1.807, 2.05) is 6.07 Å². The molecule has 2 aromatic rings. The molecule has 3 heteroatoms. The number of hydrogen-bond donors (Lipinski definition) is 0. The summed E-state index contributed by atoms with van der Waals surface area (Å²) >= 11 is 0. The predicted octanol–water partition coefficient (Wildman–Crippen LogP) is 3.40. The van der Waals surface area contributed by atoms with Crippen molar-refractivity contribution in [2.75, 3.05) is 0 Å². The second-order valence-electron chi connectivity index (χ2n) is 3.31. The molecule has 2 aromatic carbocycles. The van der Waals surface area contributed by atoms with Gasteiger partial charge >= 0.3 is 5.69 Å². The number of carbonyl (C=O) groups is 1. The number of benzene rings is 2. The van der Waals surface area contributed by atoms with E-state index in [1.54, 1.807) is 48.5 Å². The lowest BCUT2D eigenvalue weighted by Gasteiger charge is -1.97. The summed E-state index contributed by atoms with van der Waals surface area (Å²) in [6.07, 6.45) is 0. The molecular weight excluding hydrogens is 200 g/mol. The van der Waals surface area contributed by atoms with Crippen LogP contribution in [0, 0.1) is 5.39 Å². The zero-order valence-electron chi connectivity index (χ0n) is 8.50. The summed E-state index contributed by atoms with van der Waals surface area (Å²) in [5.41, 5.74) is 1.27. The smallest absolute Gasteiger partial charge is 0.288 e. The third kappa shape index (κ3) is 1.82. The summed E-state index contributed by atoms with van der Waals surface area (Å²) in [5.74, 6) is -0.144. The van der Waals surface area contributed by atoms with Crippen molar-refractivity contribution in [1.82, 2.24) is 0 Å². The summed E-state index contributed by atoms with van der Waals surface area (Å²) in [4.78, 5) is 15.2. The monoisotopic (exact) mass is 209 g/mol. The number of rotatable bonds is 2. The van der Waals surface area contributed by atoms with Crippen molar-refractivity contribution in [2.24, 2.45) is 0 Å². The maximum absolute atomic E-state index is 12.1. The van der Waals surface area contributed by atoms with Gasteiger partial charge < -0.3 is 0 Å². The zero-order valence-corrected chi connectivity index (χ0v) is 8.50. The van der Waals surface area contributed by atoms with Crippen molar-refractivity contribution in [3.8, 4) is 0 Å². The van der Waals surface area contributed by atoms with Gasteiger partial charge in [-0.1, -0.05) is 42.5 Å². The lowest BCUT2D eigenvalue weighted by atomic mass is 10.0. The van der Waals surface area contributed by atoms with Gasteiger partial charge in [-0.15, -0.1) is 0 Å². The lowest BCUT2D eigenvalue weighted by Crippen LogP contribution is -2.00. The summed E-state index contributed by atoms with van der Waals surface area (Å²) in [6, 6.07) is 15.6. The first-order chi connectivity index (χ1) is 7.83. The highest BCUT2D eigenvalue weighted by molar-refractivity contribution is 6.12. The van der Waals surface area contributed by atoms with Crippen LogP contribution in [0.3, 0.4) is 0 Å². The van der Waals surface area contributed by atoms with Crippen LogP contribution in [0.15, 0.2) is 54.6 Å². The van der Waals surface area contributed by atoms with Gasteiger partial charge in [-0.3, -0.25) is 4.79 Å². The number of ketones is 1. The third-order valence-corrected chi connectivity index (χ3v) is 2.29. The fraction of sp³-hybridized carbons (Fsp3) is 0. The van der Waals surface area contributed by atoms with Crippen molar-refractivity contribution in [3.05, 3.63) is 70.7 Å². The molecule has 0 fully saturated rings. The van der Waals surface area contributed by atoms with Gasteiger partial charge in [-0.2, -0.15) is 0 Å². The number of hydrogen-bond acceptors (Lipinski definition) is 2. The van der Waals surface area contributed by atoms with Crippen LogP contribution < -0.4 is 0 Å². The molecular formula is C13H9N2O+. The summed E-state index contributed by atoms with van der Waals surface area (Å²) in [5, 5.41) is 8.79. The molecule has 0 spiro atoms. The van der Waals surface area contributed by atoms with E-state index in [1.165, 1.54) is 0 Å². The molecule has 0 saturated carbocycles. The molecule has 0 N–H and O–H groups in total. The normalized spacial score (nSPS) is 9.44. The Labute approximate surface area is 93.0 Å². The third-order valence-electron chi connectivity index (χ3n) is 2.29. The average Bonchev–Trinajstić information content (AvgIpc) is 2.39. The summed E-state index contributed by atoms with van der Waals surface area (Å²) < 4.78 is 0. The largest absolute Gasteiger partial charge is 0.396 e. The molecule has 76 valence electrons. The van der Waals surface area contributed by atoms with Gasteiger partial charge in [0.2, 0.25) is 11.2 Å². The molecule has 2 rings (SSSR count). The molecule has 0 bridgehead atoms. The maximum atomic E-state index is 12.1. The Bertz CT molecular complexity index is 556. The van der Waals surface area contributed by atoms with E-state index in [0.29, 0.717) is 11.1 Å². The lowest BCUT2D eigenvalue weighted by molar-refractivity contribution is 0.103. The minimum Gasteiger partial charge on any atom is -0.288 e. The molecule has 0 amide bonds. The Morgan fingerprint density at radius 1 is 0.938 bits per heavy atom. The van der Waals surface area contributed by atoms with Crippen molar-refractivity contribution in [2.45, 2.75) is 0 Å². The van der Waals surface area contributed by atoms with Crippen LogP contribution in [-0.2, 0) is 0 Å². The fourth-order valence-corrected chi connectivity index (χ4v) is 1.50. The van der Waals surface area contributed by atoms with Crippen LogP contribution in [0.2, 0.25) is 0 Å². The van der Waals surface area contributed by atoms with Crippen LogP contribution in [0.25, 0.3) is 4.98 Å². The molecule has 16 heavy (non-hydrogen) atoms. The van der Waals surface area contributed by atoms with Crippen LogP contribution in [0.1, 0.15) is 15.9 Å². The van der Waals surface area contributed by atoms with E-state index in [2.05, 4.69) is 4.98 Å². The Morgan fingerprint density at radius 2 is 1.56 bits per heavy atom. The molecule has 0 aromatic heterocycles. The standard InChI is InChI=1S/C13H9N2O/c14-15-12-9-5-4-8-11(12)13(16)10-6-2-1-3-7-10/h1-9H/q+1. The predicted molar refractivity (Wildman–Crippen MR) is 61.1 cm³/mol. The highest BCUT2D eigenvalue weighted by atomic mass is 16.1. The van der Waals surface area contributed by atoms with E-state index in [0.717, 1.165) is 0 Å². The molecule has 3 nitrogen and oxygen atoms in total. The van der Waals surface area contributed by atoms with Crippen LogP contribution in [-0.4, -0.2) is 5.78 Å². The summed E-state index contributed by atoms with van der Waals surface area (Å²) in [6.45, 7) is 0. The topological polar surface area (TPSA) is 45.2 Å². The maximum Gasteiger partial charge on any atom is 0.396 e. The van der Waals surface area contributed by atoms with Crippen LogP contribution in [0.4, 0.5) is 5.69 Å². The minimum atomic E-state index is -0.144. The van der Waals surface area contributed by atoms with Crippen LogP contribution >= 0.6 is 0 Å². The quantitative estimate of drug-likeness (QED) is 0.562. The first-order valence-electron chi connectivity index (χ1n) is 4.87. The Morgan fingerprint density at radius 3 is 2.25 bits per heavy atom. The van der Waals surface area contributed by atoms with Gasteiger partial charge in [0.15, 0.2) is 4.98 Å². The Balaban J connectivity index is 2.47. The van der Waals surface area contributed by atoms with Crippen molar-refractivity contribution >= 4 is 11.5 Å². The highest BCUT2D eigenvalue weighted by Crippen LogP contribution is 2.21. The summed E-state index contributed by atoms with van der Waals surface area (Å²) in [7, 11) is 0. The molecule has 0 aliphatic carbocycles. The molecule has 0 radical (unpaired) electrons. The number of carbonyl (C=O) groups excluding carboxylic acids is 1. The molecule has 0 unspecified atom stereocenters. The Hall–Kier alpha value is -2.47. The van der Waals surface area contributed by atoms with E-state index in [9.17, 15) is 4.79 Å². The average molecular weight is 209 g/mol. The van der Waals surface area contributed by atoms with Gasteiger partial charge in [0.1, 0.15) is 5.56 Å². The van der Waals surface area contributed by atoms with E-state index in [4.69, 9.17) is 5.39 Å². The van der Waals surface area contributed by atoms with Crippen molar-refractivity contribution in [1.29, 1.82) is 5.39 Å². The molecule has 0 saturated heterocycles.